The van der Waals surface area contributed by atoms with E-state index in [9.17, 15) is 9.59 Å². The van der Waals surface area contributed by atoms with Gasteiger partial charge in [-0.2, -0.15) is 0 Å². The molecule has 22 heavy (non-hydrogen) atoms. The highest BCUT2D eigenvalue weighted by Crippen LogP contribution is 2.02. The number of aromatic nitrogens is 1. The van der Waals surface area contributed by atoms with Crippen LogP contribution in [0.15, 0.2) is 18.2 Å². The summed E-state index contributed by atoms with van der Waals surface area (Å²) >= 11 is 0. The number of hydrogen-bond acceptors (Lipinski definition) is 5. The first-order valence-electron chi connectivity index (χ1n) is 7.77. The van der Waals surface area contributed by atoms with Gasteiger partial charge in [0.1, 0.15) is 11.4 Å². The molecule has 1 heterocycles. The first-order valence-corrected chi connectivity index (χ1v) is 7.77. The first-order chi connectivity index (χ1) is 10.6. The molecule has 0 atom stereocenters. The summed E-state index contributed by atoms with van der Waals surface area (Å²) in [6, 6.07) is 4.75. The number of carbonyl (C=O) groups excluding carboxylic acids is 2. The predicted molar refractivity (Wildman–Crippen MR) is 84.9 cm³/mol. The normalized spacial score (nSPS) is 10.5. The van der Waals surface area contributed by atoms with Gasteiger partial charge in [-0.3, -0.25) is 4.79 Å². The lowest BCUT2D eigenvalue weighted by Gasteiger charge is -2.17. The van der Waals surface area contributed by atoms with E-state index in [-0.39, 0.29) is 23.9 Å². The highest BCUT2D eigenvalue weighted by molar-refractivity contribution is 5.94. The number of nitrogens with one attached hydrogen (secondary N) is 1. The average molecular weight is 307 g/mol. The van der Waals surface area contributed by atoms with Gasteiger partial charge in [-0.15, -0.1) is 0 Å². The molecule has 1 N–H and O–H groups in total. The van der Waals surface area contributed by atoms with Crippen LogP contribution in [0, 0.1) is 0 Å². The molecule has 122 valence electrons. The number of amides is 1. The monoisotopic (exact) mass is 307 g/mol. The maximum absolute atomic E-state index is 12.0. The van der Waals surface area contributed by atoms with Crippen molar-refractivity contribution in [2.24, 2.45) is 0 Å². The second-order valence-electron chi connectivity index (χ2n) is 4.76. The van der Waals surface area contributed by atoms with E-state index in [4.69, 9.17) is 4.74 Å². The summed E-state index contributed by atoms with van der Waals surface area (Å²) in [6.45, 7) is 9.79. The van der Waals surface area contributed by atoms with Crippen LogP contribution in [0.4, 0.5) is 0 Å². The Labute approximate surface area is 131 Å². The molecule has 0 unspecified atom stereocenters. The molecule has 0 bridgehead atoms. The average Bonchev–Trinajstić information content (AvgIpc) is 2.55. The molecular formula is C16H25N3O3. The summed E-state index contributed by atoms with van der Waals surface area (Å²) in [5, 5.41) is 2.82. The number of pyridine rings is 1. The van der Waals surface area contributed by atoms with Crippen LogP contribution in [-0.4, -0.2) is 54.5 Å². The SMILES string of the molecule is CCOC(=O)c1cccc(C(=O)NCCCN(CC)CC)n1. The first kappa shape index (κ1) is 18.1. The van der Waals surface area contributed by atoms with E-state index in [1.54, 1.807) is 19.1 Å². The number of esters is 1. The molecule has 0 aliphatic rings. The van der Waals surface area contributed by atoms with E-state index in [0.29, 0.717) is 6.54 Å². The minimum absolute atomic E-state index is 0.151. The van der Waals surface area contributed by atoms with E-state index in [0.717, 1.165) is 26.1 Å². The van der Waals surface area contributed by atoms with Gasteiger partial charge in [0.15, 0.2) is 0 Å². The van der Waals surface area contributed by atoms with Crippen molar-refractivity contribution < 1.29 is 14.3 Å². The van der Waals surface area contributed by atoms with Crippen molar-refractivity contribution in [1.82, 2.24) is 15.2 Å². The molecule has 6 heteroatoms. The van der Waals surface area contributed by atoms with Crippen LogP contribution in [0.2, 0.25) is 0 Å². The fraction of sp³-hybridized carbons (Fsp3) is 0.562. The lowest BCUT2D eigenvalue weighted by atomic mass is 10.3. The maximum atomic E-state index is 12.0. The summed E-state index contributed by atoms with van der Waals surface area (Å²) in [5.74, 6) is -0.788. The number of ether oxygens (including phenoxy) is 1. The van der Waals surface area contributed by atoms with Crippen LogP contribution in [0.1, 0.15) is 48.2 Å². The molecule has 1 rings (SSSR count). The lowest BCUT2D eigenvalue weighted by Crippen LogP contribution is -2.30. The Hall–Kier alpha value is -1.95. The van der Waals surface area contributed by atoms with Gasteiger partial charge in [-0.25, -0.2) is 9.78 Å². The van der Waals surface area contributed by atoms with Gasteiger partial charge in [0, 0.05) is 6.54 Å². The van der Waals surface area contributed by atoms with Crippen LogP contribution in [-0.2, 0) is 4.74 Å². The van der Waals surface area contributed by atoms with Crippen molar-refractivity contribution in [1.29, 1.82) is 0 Å². The second-order valence-corrected chi connectivity index (χ2v) is 4.76. The van der Waals surface area contributed by atoms with Crippen molar-refractivity contribution in [3.63, 3.8) is 0 Å². The minimum atomic E-state index is -0.515. The lowest BCUT2D eigenvalue weighted by molar-refractivity contribution is 0.0519. The fourth-order valence-corrected chi connectivity index (χ4v) is 2.01. The summed E-state index contributed by atoms with van der Waals surface area (Å²) in [4.78, 5) is 30.0. The number of rotatable bonds is 9. The van der Waals surface area contributed by atoms with Gasteiger partial charge in [-0.05, 0) is 45.1 Å². The zero-order chi connectivity index (χ0) is 16.4. The Morgan fingerprint density at radius 2 is 1.86 bits per heavy atom. The quantitative estimate of drug-likeness (QED) is 0.555. The zero-order valence-corrected chi connectivity index (χ0v) is 13.6. The van der Waals surface area contributed by atoms with E-state index in [1.807, 2.05) is 0 Å². The molecule has 0 saturated heterocycles. The third kappa shape index (κ3) is 5.81. The van der Waals surface area contributed by atoms with Gasteiger partial charge in [-0.1, -0.05) is 19.9 Å². The summed E-state index contributed by atoms with van der Waals surface area (Å²) in [5.41, 5.74) is 0.381. The Bertz CT molecular complexity index is 487. The molecule has 0 fully saturated rings. The Morgan fingerprint density at radius 1 is 1.18 bits per heavy atom. The van der Waals surface area contributed by atoms with E-state index in [2.05, 4.69) is 29.0 Å². The van der Waals surface area contributed by atoms with Gasteiger partial charge >= 0.3 is 5.97 Å². The van der Waals surface area contributed by atoms with Crippen molar-refractivity contribution >= 4 is 11.9 Å². The summed E-state index contributed by atoms with van der Waals surface area (Å²) < 4.78 is 4.87. The molecule has 0 aliphatic carbocycles. The molecule has 0 saturated carbocycles. The molecular weight excluding hydrogens is 282 g/mol. The van der Waals surface area contributed by atoms with Crippen LogP contribution >= 0.6 is 0 Å². The third-order valence-corrected chi connectivity index (χ3v) is 3.30. The Morgan fingerprint density at radius 3 is 2.50 bits per heavy atom. The van der Waals surface area contributed by atoms with Gasteiger partial charge < -0.3 is 15.0 Å². The van der Waals surface area contributed by atoms with Crippen molar-refractivity contribution in [3.05, 3.63) is 29.6 Å². The fourth-order valence-electron chi connectivity index (χ4n) is 2.01. The van der Waals surface area contributed by atoms with Crippen molar-refractivity contribution in [2.75, 3.05) is 32.8 Å². The minimum Gasteiger partial charge on any atom is -0.461 e. The van der Waals surface area contributed by atoms with E-state index < -0.39 is 5.97 Å². The smallest absolute Gasteiger partial charge is 0.356 e. The number of carbonyl (C=O) groups is 2. The molecule has 1 aromatic rings. The zero-order valence-electron chi connectivity index (χ0n) is 13.6. The van der Waals surface area contributed by atoms with Crippen molar-refractivity contribution in [2.45, 2.75) is 27.2 Å². The van der Waals surface area contributed by atoms with Gasteiger partial charge in [0.2, 0.25) is 0 Å². The molecule has 1 aromatic heterocycles. The number of nitrogens with zero attached hydrogens (tertiary/aromatic N) is 2. The topological polar surface area (TPSA) is 71.5 Å². The van der Waals surface area contributed by atoms with Crippen LogP contribution in [0.5, 0.6) is 0 Å². The molecule has 0 radical (unpaired) electrons. The molecule has 0 aliphatic heterocycles. The highest BCUT2D eigenvalue weighted by atomic mass is 16.5. The Balaban J connectivity index is 2.48. The van der Waals surface area contributed by atoms with E-state index >= 15 is 0 Å². The maximum Gasteiger partial charge on any atom is 0.356 e. The van der Waals surface area contributed by atoms with Crippen LogP contribution < -0.4 is 5.32 Å². The summed E-state index contributed by atoms with van der Waals surface area (Å²) in [6.07, 6.45) is 0.880. The van der Waals surface area contributed by atoms with Crippen LogP contribution in [0.25, 0.3) is 0 Å². The largest absolute Gasteiger partial charge is 0.461 e. The summed E-state index contributed by atoms with van der Waals surface area (Å²) in [7, 11) is 0. The van der Waals surface area contributed by atoms with Gasteiger partial charge in [0.25, 0.3) is 5.91 Å². The van der Waals surface area contributed by atoms with E-state index in [1.165, 1.54) is 6.07 Å². The molecule has 1 amide bonds. The number of hydrogen-bond donors (Lipinski definition) is 1. The Kier molecular flexibility index (Phi) is 8.14. The highest BCUT2D eigenvalue weighted by Gasteiger charge is 2.12. The van der Waals surface area contributed by atoms with Crippen LogP contribution in [0.3, 0.4) is 0 Å². The van der Waals surface area contributed by atoms with Gasteiger partial charge in [0.05, 0.1) is 6.61 Å². The standard InChI is InChI=1S/C16H25N3O3/c1-4-19(5-2)12-8-11-17-15(20)13-9-7-10-14(18-13)16(21)22-6-3/h7,9-10H,4-6,8,11-12H2,1-3H3,(H,17,20). The van der Waals surface area contributed by atoms with Crippen molar-refractivity contribution in [3.8, 4) is 0 Å². The molecule has 0 spiro atoms. The molecule has 0 aromatic carbocycles. The third-order valence-electron chi connectivity index (χ3n) is 3.30. The molecule has 6 nitrogen and oxygen atoms in total. The predicted octanol–water partition coefficient (Wildman–Crippen LogP) is 1.72. The second kappa shape index (κ2) is 9.89.